The van der Waals surface area contributed by atoms with Gasteiger partial charge in [0, 0.05) is 25.7 Å². The molecule has 8 heteroatoms. The van der Waals surface area contributed by atoms with Crippen LogP contribution < -0.4 is 9.46 Å². The van der Waals surface area contributed by atoms with Crippen molar-refractivity contribution in [3.05, 3.63) is 53.6 Å². The van der Waals surface area contributed by atoms with E-state index in [-0.39, 0.29) is 10.8 Å². The van der Waals surface area contributed by atoms with Crippen LogP contribution in [0.15, 0.2) is 47.4 Å². The highest BCUT2D eigenvalue weighted by atomic mass is 32.2. The van der Waals surface area contributed by atoms with Gasteiger partial charge in [0.2, 0.25) is 0 Å². The van der Waals surface area contributed by atoms with Crippen molar-refractivity contribution >= 4 is 21.6 Å². The van der Waals surface area contributed by atoms with Crippen molar-refractivity contribution in [2.24, 2.45) is 0 Å². The molecule has 1 saturated heterocycles. The number of anilines is 1. The van der Waals surface area contributed by atoms with Gasteiger partial charge in [0.25, 0.3) is 15.9 Å². The largest absolute Gasteiger partial charge is 0.495 e. The van der Waals surface area contributed by atoms with Crippen molar-refractivity contribution in [2.45, 2.75) is 24.7 Å². The fourth-order valence-electron chi connectivity index (χ4n) is 3.57. The molecule has 1 fully saturated rings. The monoisotopic (exact) mass is 431 g/mol. The van der Waals surface area contributed by atoms with Crippen LogP contribution in [0.4, 0.5) is 5.69 Å². The standard InChI is InChI=1S/C22H29N3O4S/c1-17-10-11-18(22(26)24(2)14-15-25-12-6-7-13-25)16-21(17)30(27,28)23-19-8-4-5-9-20(19)29-3/h4-5,8-11,16,23H,6-7,12-15H2,1-3H3. The predicted octanol–water partition coefficient (Wildman–Crippen LogP) is 2.97. The molecule has 0 aromatic heterocycles. The third kappa shape index (κ3) is 5.12. The van der Waals surface area contributed by atoms with Crippen LogP contribution in [0.1, 0.15) is 28.8 Å². The summed E-state index contributed by atoms with van der Waals surface area (Å²) in [5.74, 6) is 0.232. The number of para-hydroxylation sites is 2. The molecule has 2 aromatic rings. The number of benzene rings is 2. The molecule has 30 heavy (non-hydrogen) atoms. The quantitative estimate of drug-likeness (QED) is 0.695. The molecule has 0 atom stereocenters. The minimum atomic E-state index is -3.89. The number of rotatable bonds is 8. The van der Waals surface area contributed by atoms with E-state index in [1.54, 1.807) is 55.3 Å². The van der Waals surface area contributed by atoms with Gasteiger partial charge in [-0.15, -0.1) is 0 Å². The first-order chi connectivity index (χ1) is 14.3. The molecule has 1 aliphatic heterocycles. The molecule has 2 aromatic carbocycles. The zero-order valence-corrected chi connectivity index (χ0v) is 18.5. The van der Waals surface area contributed by atoms with Crippen LogP contribution in [0.2, 0.25) is 0 Å². The Morgan fingerprint density at radius 2 is 1.87 bits per heavy atom. The number of nitrogens with zero attached hydrogens (tertiary/aromatic N) is 2. The summed E-state index contributed by atoms with van der Waals surface area (Å²) in [4.78, 5) is 16.9. The van der Waals surface area contributed by atoms with Crippen molar-refractivity contribution in [1.29, 1.82) is 0 Å². The number of amides is 1. The van der Waals surface area contributed by atoms with E-state index in [2.05, 4.69) is 9.62 Å². The third-order valence-electron chi connectivity index (χ3n) is 5.37. The maximum absolute atomic E-state index is 13.0. The summed E-state index contributed by atoms with van der Waals surface area (Å²) in [6, 6.07) is 11.6. The lowest BCUT2D eigenvalue weighted by Crippen LogP contribution is -2.35. The van der Waals surface area contributed by atoms with Crippen molar-refractivity contribution in [2.75, 3.05) is 45.1 Å². The molecular weight excluding hydrogens is 402 g/mol. The number of nitrogens with one attached hydrogen (secondary N) is 1. The average Bonchev–Trinajstić information content (AvgIpc) is 3.25. The minimum Gasteiger partial charge on any atom is -0.495 e. The highest BCUT2D eigenvalue weighted by Gasteiger charge is 2.22. The highest BCUT2D eigenvalue weighted by Crippen LogP contribution is 2.27. The molecule has 0 saturated carbocycles. The van der Waals surface area contributed by atoms with E-state index in [4.69, 9.17) is 4.74 Å². The Bertz CT molecular complexity index is 1000. The van der Waals surface area contributed by atoms with E-state index in [9.17, 15) is 13.2 Å². The molecule has 1 heterocycles. The Balaban J connectivity index is 1.78. The first-order valence-corrected chi connectivity index (χ1v) is 11.5. The zero-order chi connectivity index (χ0) is 21.7. The maximum atomic E-state index is 13.0. The molecule has 162 valence electrons. The number of sulfonamides is 1. The van der Waals surface area contributed by atoms with Gasteiger partial charge in [0.05, 0.1) is 17.7 Å². The second kappa shape index (κ2) is 9.49. The van der Waals surface area contributed by atoms with Crippen LogP contribution in [-0.4, -0.2) is 64.5 Å². The molecule has 0 spiro atoms. The van der Waals surface area contributed by atoms with Gasteiger partial charge in [-0.3, -0.25) is 9.52 Å². The summed E-state index contributed by atoms with van der Waals surface area (Å²) in [5.41, 5.74) is 1.26. The van der Waals surface area contributed by atoms with Crippen molar-refractivity contribution in [3.63, 3.8) is 0 Å². The van der Waals surface area contributed by atoms with Gasteiger partial charge >= 0.3 is 0 Å². The second-order valence-corrected chi connectivity index (χ2v) is 9.21. The van der Waals surface area contributed by atoms with E-state index in [0.717, 1.165) is 19.6 Å². The molecule has 1 amide bonds. The van der Waals surface area contributed by atoms with Crippen LogP contribution in [0, 0.1) is 6.92 Å². The zero-order valence-electron chi connectivity index (χ0n) is 17.7. The summed E-state index contributed by atoms with van der Waals surface area (Å²) < 4.78 is 33.9. The molecule has 7 nitrogen and oxygen atoms in total. The summed E-state index contributed by atoms with van der Waals surface area (Å²) in [7, 11) is -0.661. The van der Waals surface area contributed by atoms with Crippen LogP contribution >= 0.6 is 0 Å². The van der Waals surface area contributed by atoms with Gasteiger partial charge in [0.1, 0.15) is 5.75 Å². The van der Waals surface area contributed by atoms with E-state index < -0.39 is 10.0 Å². The first-order valence-electron chi connectivity index (χ1n) is 10.1. The number of methoxy groups -OCH3 is 1. The lowest BCUT2D eigenvalue weighted by atomic mass is 10.1. The Labute approximate surface area is 178 Å². The summed E-state index contributed by atoms with van der Waals surface area (Å²) >= 11 is 0. The van der Waals surface area contributed by atoms with Crippen LogP contribution in [-0.2, 0) is 10.0 Å². The minimum absolute atomic E-state index is 0.0761. The lowest BCUT2D eigenvalue weighted by molar-refractivity contribution is 0.0782. The number of carbonyl (C=O) groups excluding carboxylic acids is 1. The molecule has 3 rings (SSSR count). The fourth-order valence-corrected chi connectivity index (χ4v) is 4.91. The molecule has 1 aliphatic rings. The Kier molecular flexibility index (Phi) is 6.99. The van der Waals surface area contributed by atoms with Gasteiger partial charge in [0.15, 0.2) is 0 Å². The van der Waals surface area contributed by atoms with Crippen LogP contribution in [0.25, 0.3) is 0 Å². The normalized spacial score (nSPS) is 14.5. The van der Waals surface area contributed by atoms with E-state index in [1.165, 1.54) is 26.0 Å². The SMILES string of the molecule is COc1ccccc1NS(=O)(=O)c1cc(C(=O)N(C)CCN2CCCC2)ccc1C. The van der Waals surface area contributed by atoms with E-state index in [0.29, 0.717) is 29.1 Å². The Morgan fingerprint density at radius 3 is 2.57 bits per heavy atom. The van der Waals surface area contributed by atoms with E-state index >= 15 is 0 Å². The number of carbonyl (C=O) groups is 1. The fraction of sp³-hybridized carbons (Fsp3) is 0.409. The number of hydrogen-bond donors (Lipinski definition) is 1. The Hall–Kier alpha value is -2.58. The third-order valence-corrected chi connectivity index (χ3v) is 6.88. The molecule has 1 N–H and O–H groups in total. The topological polar surface area (TPSA) is 78.9 Å². The van der Waals surface area contributed by atoms with Crippen molar-refractivity contribution in [3.8, 4) is 5.75 Å². The highest BCUT2D eigenvalue weighted by molar-refractivity contribution is 7.92. The van der Waals surface area contributed by atoms with Crippen LogP contribution in [0.5, 0.6) is 5.75 Å². The summed E-state index contributed by atoms with van der Waals surface area (Å²) in [6.07, 6.45) is 2.41. The number of hydrogen-bond acceptors (Lipinski definition) is 5. The first kappa shape index (κ1) is 22.1. The molecule has 0 radical (unpaired) electrons. The van der Waals surface area contributed by atoms with Gasteiger partial charge < -0.3 is 14.5 Å². The average molecular weight is 432 g/mol. The van der Waals surface area contributed by atoms with Gasteiger partial charge in [-0.05, 0) is 62.7 Å². The van der Waals surface area contributed by atoms with Crippen molar-refractivity contribution in [1.82, 2.24) is 9.80 Å². The number of likely N-dealkylation sites (N-methyl/N-ethyl adjacent to an activating group) is 1. The number of aryl methyl sites for hydroxylation is 1. The summed E-state index contributed by atoms with van der Waals surface area (Å²) in [5, 5.41) is 0. The van der Waals surface area contributed by atoms with Crippen LogP contribution in [0.3, 0.4) is 0 Å². The second-order valence-electron chi connectivity index (χ2n) is 7.56. The smallest absolute Gasteiger partial charge is 0.262 e. The predicted molar refractivity (Wildman–Crippen MR) is 118 cm³/mol. The Morgan fingerprint density at radius 1 is 1.17 bits per heavy atom. The maximum Gasteiger partial charge on any atom is 0.262 e. The van der Waals surface area contributed by atoms with Crippen molar-refractivity contribution < 1.29 is 17.9 Å². The van der Waals surface area contributed by atoms with E-state index in [1.807, 2.05) is 0 Å². The molecule has 0 bridgehead atoms. The number of ether oxygens (including phenoxy) is 1. The summed E-state index contributed by atoms with van der Waals surface area (Å²) in [6.45, 7) is 5.29. The molecule has 0 unspecified atom stereocenters. The van der Waals surface area contributed by atoms with Gasteiger partial charge in [-0.25, -0.2) is 8.42 Å². The van der Waals surface area contributed by atoms with Gasteiger partial charge in [-0.2, -0.15) is 0 Å². The lowest BCUT2D eigenvalue weighted by Gasteiger charge is -2.22. The molecular formula is C22H29N3O4S. The number of likely N-dealkylation sites (tertiary alicyclic amines) is 1. The molecule has 0 aliphatic carbocycles. The van der Waals surface area contributed by atoms with Gasteiger partial charge in [-0.1, -0.05) is 18.2 Å².